The van der Waals surface area contributed by atoms with Crippen molar-refractivity contribution in [3.8, 4) is 0 Å². The number of nitrogens with zero attached hydrogens (tertiary/aromatic N) is 1. The van der Waals surface area contributed by atoms with Gasteiger partial charge in [-0.15, -0.1) is 6.58 Å². The fourth-order valence-electron chi connectivity index (χ4n) is 2.66. The lowest BCUT2D eigenvalue weighted by molar-refractivity contribution is 0.360. The Labute approximate surface area is 143 Å². The number of nitrogens with two attached hydrogens (primary N) is 2. The Bertz CT molecular complexity index is 685. The molecule has 6 N–H and O–H groups in total. The molecule has 1 fully saturated rings. The standard InChI is InChI=1S/C16H25N5O2S/c1-2-11-19-16(21-15-6-4-3-5-14(15)17)20-12-7-9-13(10-8-12)24(18,22)23/h2,7-10,14-15H,1,3-6,11,17H2,(H2,18,22,23)(H2,19,20,21)/t14-,15-/m0/s1. The number of aliphatic imine (C=N–C) groups is 1. The zero-order valence-electron chi connectivity index (χ0n) is 13.6. The maximum atomic E-state index is 11.3. The van der Waals surface area contributed by atoms with Crippen molar-refractivity contribution < 1.29 is 8.42 Å². The van der Waals surface area contributed by atoms with Crippen LogP contribution in [0.2, 0.25) is 0 Å². The number of hydrogen-bond acceptors (Lipinski definition) is 4. The Balaban J connectivity index is 2.09. The second kappa shape index (κ2) is 8.27. The van der Waals surface area contributed by atoms with Crippen molar-refractivity contribution in [3.05, 3.63) is 36.9 Å². The highest BCUT2D eigenvalue weighted by molar-refractivity contribution is 7.89. The van der Waals surface area contributed by atoms with E-state index < -0.39 is 10.0 Å². The van der Waals surface area contributed by atoms with Crippen LogP contribution < -0.4 is 21.5 Å². The molecular weight excluding hydrogens is 326 g/mol. The lowest BCUT2D eigenvalue weighted by Gasteiger charge is -2.30. The van der Waals surface area contributed by atoms with Crippen molar-refractivity contribution in [1.82, 2.24) is 5.32 Å². The molecule has 0 aliphatic heterocycles. The van der Waals surface area contributed by atoms with Crippen LogP contribution in [0, 0.1) is 0 Å². The Hall–Kier alpha value is -1.90. The molecule has 132 valence electrons. The van der Waals surface area contributed by atoms with E-state index in [0.717, 1.165) is 25.7 Å². The van der Waals surface area contributed by atoms with E-state index >= 15 is 0 Å². The molecule has 1 aliphatic rings. The third-order valence-electron chi connectivity index (χ3n) is 3.97. The summed E-state index contributed by atoms with van der Waals surface area (Å²) in [6.45, 7) is 4.14. The van der Waals surface area contributed by atoms with Crippen molar-refractivity contribution in [2.24, 2.45) is 15.9 Å². The second-order valence-corrected chi connectivity index (χ2v) is 7.43. The minimum Gasteiger partial charge on any atom is -0.352 e. The van der Waals surface area contributed by atoms with Crippen LogP contribution in [0.15, 0.2) is 46.8 Å². The molecule has 2 rings (SSSR count). The minimum atomic E-state index is -3.70. The topological polar surface area (TPSA) is 123 Å². The fraction of sp³-hybridized carbons (Fsp3) is 0.438. The summed E-state index contributed by atoms with van der Waals surface area (Å²) in [5.74, 6) is 0.598. The first-order valence-corrected chi connectivity index (χ1v) is 9.52. The molecule has 0 heterocycles. The molecule has 1 aliphatic carbocycles. The van der Waals surface area contributed by atoms with Crippen LogP contribution in [-0.4, -0.2) is 33.0 Å². The number of rotatable bonds is 5. The third kappa shape index (κ3) is 5.33. The molecule has 1 saturated carbocycles. The average molecular weight is 351 g/mol. The number of benzene rings is 1. The Morgan fingerprint density at radius 3 is 2.54 bits per heavy atom. The van der Waals surface area contributed by atoms with Gasteiger partial charge in [-0.25, -0.2) is 18.5 Å². The zero-order valence-corrected chi connectivity index (χ0v) is 14.4. The summed E-state index contributed by atoms with van der Waals surface area (Å²) in [4.78, 5) is 4.48. The zero-order chi connectivity index (χ0) is 17.6. The van der Waals surface area contributed by atoms with E-state index in [9.17, 15) is 8.42 Å². The van der Waals surface area contributed by atoms with Gasteiger partial charge in [0.1, 0.15) is 0 Å². The summed E-state index contributed by atoms with van der Waals surface area (Å²) in [5, 5.41) is 11.6. The largest absolute Gasteiger partial charge is 0.352 e. The Kier molecular flexibility index (Phi) is 6.36. The predicted octanol–water partition coefficient (Wildman–Crippen LogP) is 1.15. The van der Waals surface area contributed by atoms with Gasteiger partial charge >= 0.3 is 0 Å². The lowest BCUT2D eigenvalue weighted by Crippen LogP contribution is -2.51. The highest BCUT2D eigenvalue weighted by Crippen LogP contribution is 2.17. The van der Waals surface area contributed by atoms with Gasteiger partial charge in [-0.2, -0.15) is 0 Å². The molecule has 2 atom stereocenters. The van der Waals surface area contributed by atoms with Gasteiger partial charge < -0.3 is 16.4 Å². The van der Waals surface area contributed by atoms with Crippen LogP contribution >= 0.6 is 0 Å². The van der Waals surface area contributed by atoms with Crippen molar-refractivity contribution in [2.45, 2.75) is 42.7 Å². The number of hydrogen-bond donors (Lipinski definition) is 4. The van der Waals surface area contributed by atoms with Crippen molar-refractivity contribution in [1.29, 1.82) is 0 Å². The van der Waals surface area contributed by atoms with Gasteiger partial charge in [0.05, 0.1) is 11.4 Å². The fourth-order valence-corrected chi connectivity index (χ4v) is 3.17. The van der Waals surface area contributed by atoms with Gasteiger partial charge in [0, 0.05) is 17.8 Å². The van der Waals surface area contributed by atoms with E-state index in [1.165, 1.54) is 12.1 Å². The summed E-state index contributed by atoms with van der Waals surface area (Å²) >= 11 is 0. The third-order valence-corrected chi connectivity index (χ3v) is 4.89. The van der Waals surface area contributed by atoms with Crippen molar-refractivity contribution in [2.75, 3.05) is 11.9 Å². The molecule has 0 spiro atoms. The lowest BCUT2D eigenvalue weighted by atomic mass is 9.91. The van der Waals surface area contributed by atoms with Crippen molar-refractivity contribution in [3.63, 3.8) is 0 Å². The van der Waals surface area contributed by atoms with Crippen molar-refractivity contribution >= 4 is 21.7 Å². The minimum absolute atomic E-state index is 0.0693. The molecule has 1 aromatic rings. The molecule has 0 amide bonds. The summed E-state index contributed by atoms with van der Waals surface area (Å²) in [6, 6.07) is 6.46. The number of sulfonamides is 1. The van der Waals surface area contributed by atoms with E-state index in [2.05, 4.69) is 22.2 Å². The van der Waals surface area contributed by atoms with Crippen LogP contribution in [0.25, 0.3) is 0 Å². The van der Waals surface area contributed by atoms with E-state index in [1.807, 2.05) is 0 Å². The van der Waals surface area contributed by atoms with E-state index in [0.29, 0.717) is 18.2 Å². The molecule has 0 radical (unpaired) electrons. The molecule has 24 heavy (non-hydrogen) atoms. The summed E-state index contributed by atoms with van der Waals surface area (Å²) in [5.41, 5.74) is 6.88. The van der Waals surface area contributed by atoms with Gasteiger partial charge in [0.25, 0.3) is 0 Å². The Morgan fingerprint density at radius 1 is 1.29 bits per heavy atom. The Morgan fingerprint density at radius 2 is 1.96 bits per heavy atom. The molecule has 1 aromatic carbocycles. The number of guanidine groups is 1. The van der Waals surface area contributed by atoms with Crippen LogP contribution in [0.3, 0.4) is 0 Å². The maximum Gasteiger partial charge on any atom is 0.238 e. The highest BCUT2D eigenvalue weighted by Gasteiger charge is 2.22. The van der Waals surface area contributed by atoms with Gasteiger partial charge in [-0.1, -0.05) is 18.9 Å². The van der Waals surface area contributed by atoms with Crippen LogP contribution in [0.5, 0.6) is 0 Å². The summed E-state index contributed by atoms with van der Waals surface area (Å²) in [6.07, 6.45) is 5.99. The number of anilines is 1. The van der Waals surface area contributed by atoms with E-state index in [1.54, 1.807) is 18.2 Å². The molecule has 0 unspecified atom stereocenters. The molecular formula is C16H25N5O2S. The van der Waals surface area contributed by atoms with Gasteiger partial charge in [-0.05, 0) is 37.1 Å². The van der Waals surface area contributed by atoms with Crippen LogP contribution in [0.4, 0.5) is 5.69 Å². The van der Waals surface area contributed by atoms with Gasteiger partial charge in [-0.3, -0.25) is 0 Å². The normalized spacial score (nSPS) is 22.0. The predicted molar refractivity (Wildman–Crippen MR) is 97.3 cm³/mol. The molecule has 0 bridgehead atoms. The summed E-state index contributed by atoms with van der Waals surface area (Å²) in [7, 11) is -3.70. The maximum absolute atomic E-state index is 11.3. The smallest absolute Gasteiger partial charge is 0.238 e. The second-order valence-electron chi connectivity index (χ2n) is 5.87. The first-order chi connectivity index (χ1) is 11.4. The molecule has 8 heteroatoms. The van der Waals surface area contributed by atoms with Crippen LogP contribution in [0.1, 0.15) is 25.7 Å². The first-order valence-electron chi connectivity index (χ1n) is 7.97. The number of nitrogens with one attached hydrogen (secondary N) is 2. The summed E-state index contributed by atoms with van der Waals surface area (Å²) < 4.78 is 22.6. The van der Waals surface area contributed by atoms with Gasteiger partial charge in [0.15, 0.2) is 5.96 Å². The van der Waals surface area contributed by atoms with Gasteiger partial charge in [0.2, 0.25) is 10.0 Å². The molecule has 0 saturated heterocycles. The SMILES string of the molecule is C=CCN=C(Nc1ccc(S(N)(=O)=O)cc1)N[C@H]1CCCC[C@@H]1N. The monoisotopic (exact) mass is 351 g/mol. The molecule has 7 nitrogen and oxygen atoms in total. The quantitative estimate of drug-likeness (QED) is 0.360. The molecule has 0 aromatic heterocycles. The first kappa shape index (κ1) is 18.4. The number of primary sulfonamides is 1. The average Bonchev–Trinajstić information content (AvgIpc) is 2.54. The van der Waals surface area contributed by atoms with E-state index in [-0.39, 0.29) is 17.0 Å². The highest BCUT2D eigenvalue weighted by atomic mass is 32.2. The van der Waals surface area contributed by atoms with E-state index in [4.69, 9.17) is 10.9 Å². The van der Waals surface area contributed by atoms with Crippen LogP contribution in [-0.2, 0) is 10.0 Å².